The van der Waals surface area contributed by atoms with Gasteiger partial charge in [0.05, 0.1) is 18.9 Å². The highest BCUT2D eigenvalue weighted by Gasteiger charge is 2.27. The van der Waals surface area contributed by atoms with Gasteiger partial charge in [-0.2, -0.15) is 0 Å². The van der Waals surface area contributed by atoms with Crippen molar-refractivity contribution in [3.05, 3.63) is 80.5 Å². The van der Waals surface area contributed by atoms with E-state index in [4.69, 9.17) is 9.72 Å². The number of anilines is 1. The second-order valence-corrected chi connectivity index (χ2v) is 12.0. The average Bonchev–Trinajstić information content (AvgIpc) is 2.99. The van der Waals surface area contributed by atoms with Gasteiger partial charge in [0.2, 0.25) is 0 Å². The molecule has 5 rings (SSSR count). The van der Waals surface area contributed by atoms with E-state index in [9.17, 15) is 9.59 Å². The lowest BCUT2D eigenvalue weighted by Crippen LogP contribution is -2.47. The Hall–Kier alpha value is -3.53. The topological polar surface area (TPSA) is 103 Å². The molecule has 1 aromatic carbocycles. The smallest absolute Gasteiger partial charge is 0.253 e. The Morgan fingerprint density at radius 1 is 1.14 bits per heavy atom. The minimum absolute atomic E-state index is 0.163. The fourth-order valence-electron chi connectivity index (χ4n) is 6.46. The molecule has 1 unspecified atom stereocenters. The number of H-pyrrole nitrogens is 1. The number of hydrogen-bond acceptors (Lipinski definition) is 7. The fourth-order valence-corrected chi connectivity index (χ4v) is 6.46. The van der Waals surface area contributed by atoms with Crippen molar-refractivity contribution >= 4 is 11.6 Å². The molecule has 3 aromatic rings. The average molecular weight is 587 g/mol. The third-order valence-corrected chi connectivity index (χ3v) is 8.88. The highest BCUT2D eigenvalue weighted by Crippen LogP contribution is 2.34. The summed E-state index contributed by atoms with van der Waals surface area (Å²) >= 11 is 0. The molecule has 9 nitrogen and oxygen atoms in total. The van der Waals surface area contributed by atoms with Crippen molar-refractivity contribution in [3.63, 3.8) is 0 Å². The summed E-state index contributed by atoms with van der Waals surface area (Å²) in [6, 6.07) is 11.1. The number of aryl methyl sites for hydroxylation is 2. The predicted octanol–water partition coefficient (Wildman–Crippen LogP) is 4.09. The first-order valence-electron chi connectivity index (χ1n) is 15.6. The monoisotopic (exact) mass is 586 g/mol. The van der Waals surface area contributed by atoms with E-state index in [1.165, 1.54) is 0 Å². The maximum absolute atomic E-state index is 13.8. The van der Waals surface area contributed by atoms with Crippen molar-refractivity contribution in [2.45, 2.75) is 72.6 Å². The molecule has 43 heavy (non-hydrogen) atoms. The molecule has 1 amide bonds. The fraction of sp³-hybridized carbons (Fsp3) is 0.500. The first-order valence-corrected chi connectivity index (χ1v) is 15.6. The summed E-state index contributed by atoms with van der Waals surface area (Å²) in [5.74, 6) is -0.188. The van der Waals surface area contributed by atoms with Gasteiger partial charge in [0.15, 0.2) is 0 Å². The Morgan fingerprint density at radius 3 is 2.60 bits per heavy atom. The molecule has 2 aromatic heterocycles. The molecular weight excluding hydrogens is 540 g/mol. The van der Waals surface area contributed by atoms with E-state index < -0.39 is 0 Å². The Bertz CT molecular complexity index is 1480. The number of nitrogens with one attached hydrogen (secondary N) is 3. The van der Waals surface area contributed by atoms with Crippen LogP contribution in [0.4, 0.5) is 5.69 Å². The molecule has 0 spiro atoms. The first kappa shape index (κ1) is 30.9. The number of aromatic nitrogens is 2. The van der Waals surface area contributed by atoms with Crippen LogP contribution in [0.2, 0.25) is 0 Å². The van der Waals surface area contributed by atoms with Crippen molar-refractivity contribution in [3.8, 4) is 11.1 Å². The van der Waals surface area contributed by atoms with Crippen LogP contribution in [0.1, 0.15) is 65.1 Å². The Balaban J connectivity index is 1.47. The molecule has 2 saturated heterocycles. The van der Waals surface area contributed by atoms with Crippen molar-refractivity contribution in [2.75, 3.05) is 44.3 Å². The van der Waals surface area contributed by atoms with E-state index in [0.29, 0.717) is 23.2 Å². The predicted molar refractivity (Wildman–Crippen MR) is 172 cm³/mol. The number of rotatable bonds is 9. The summed E-state index contributed by atoms with van der Waals surface area (Å²) in [7, 11) is 0. The third-order valence-electron chi connectivity index (χ3n) is 8.88. The van der Waals surface area contributed by atoms with E-state index in [0.717, 1.165) is 98.1 Å². The van der Waals surface area contributed by atoms with Crippen molar-refractivity contribution < 1.29 is 9.53 Å². The van der Waals surface area contributed by atoms with E-state index in [1.807, 2.05) is 39.1 Å². The highest BCUT2D eigenvalue weighted by atomic mass is 16.5. The van der Waals surface area contributed by atoms with Crippen LogP contribution in [0.25, 0.3) is 11.1 Å². The zero-order valence-corrected chi connectivity index (χ0v) is 26.3. The van der Waals surface area contributed by atoms with Gasteiger partial charge in [-0.05, 0) is 95.0 Å². The van der Waals surface area contributed by atoms with E-state index in [2.05, 4.69) is 57.5 Å². The standard InChI is InChI=1S/C34H46N6O3/c1-6-40(29-9-10-35-23(3)16-29)32-18-27(26-7-8-28(36-19-26)21-39-11-13-43-14-12-39)17-30(25(32)5)33(41)37-20-31-22(2)15-24(4)38-34(31)42/h7-8,15,17-19,23,29,35H,6,9-14,16,20-21H2,1-5H3,(H,37,41)(H,38,42)/t23-,29?/m1/s1. The molecule has 3 N–H and O–H groups in total. The van der Waals surface area contributed by atoms with E-state index in [-0.39, 0.29) is 18.0 Å². The summed E-state index contributed by atoms with van der Waals surface area (Å²) < 4.78 is 5.48. The second kappa shape index (κ2) is 13.8. The van der Waals surface area contributed by atoms with Crippen molar-refractivity contribution in [1.29, 1.82) is 0 Å². The van der Waals surface area contributed by atoms with Crippen LogP contribution < -0.4 is 21.1 Å². The molecule has 2 atom stereocenters. The number of ether oxygens (including phenoxy) is 1. The normalized spacial score (nSPS) is 19.3. The van der Waals surface area contributed by atoms with Crippen LogP contribution in [0.3, 0.4) is 0 Å². The van der Waals surface area contributed by atoms with Gasteiger partial charge < -0.3 is 25.3 Å². The number of carbonyl (C=O) groups excluding carboxylic acids is 1. The summed E-state index contributed by atoms with van der Waals surface area (Å²) in [6.45, 7) is 16.4. The zero-order chi connectivity index (χ0) is 30.5. The minimum Gasteiger partial charge on any atom is -0.379 e. The SMILES string of the molecule is CCN(c1cc(-c2ccc(CN3CCOCC3)nc2)cc(C(=O)NCc2c(C)cc(C)[nH]c2=O)c1C)C1CCN[C@H](C)C1. The maximum Gasteiger partial charge on any atom is 0.253 e. The zero-order valence-electron chi connectivity index (χ0n) is 26.3. The van der Waals surface area contributed by atoms with Gasteiger partial charge in [-0.25, -0.2) is 0 Å². The Kier molecular flexibility index (Phi) is 9.95. The molecule has 2 fully saturated rings. The number of hydrogen-bond donors (Lipinski definition) is 3. The lowest BCUT2D eigenvalue weighted by atomic mass is 9.94. The molecular formula is C34H46N6O3. The summed E-state index contributed by atoms with van der Waals surface area (Å²) in [5, 5.41) is 6.61. The van der Waals surface area contributed by atoms with Gasteiger partial charge in [-0.1, -0.05) is 6.07 Å². The van der Waals surface area contributed by atoms with Crippen LogP contribution in [0.5, 0.6) is 0 Å². The van der Waals surface area contributed by atoms with Gasteiger partial charge in [0.25, 0.3) is 11.5 Å². The molecule has 9 heteroatoms. The Morgan fingerprint density at radius 2 is 1.93 bits per heavy atom. The number of aromatic amines is 1. The van der Waals surface area contributed by atoms with Crippen LogP contribution in [0.15, 0.2) is 41.3 Å². The molecule has 0 aliphatic carbocycles. The first-order chi connectivity index (χ1) is 20.7. The van der Waals surface area contributed by atoms with Gasteiger partial charge in [-0.15, -0.1) is 0 Å². The largest absolute Gasteiger partial charge is 0.379 e. The van der Waals surface area contributed by atoms with Gasteiger partial charge in [0, 0.05) is 79.1 Å². The number of morpholine rings is 1. The lowest BCUT2D eigenvalue weighted by molar-refractivity contribution is 0.0336. The third kappa shape index (κ3) is 7.34. The summed E-state index contributed by atoms with van der Waals surface area (Å²) in [5.41, 5.74) is 7.68. The number of piperidine rings is 1. The molecule has 0 radical (unpaired) electrons. The van der Waals surface area contributed by atoms with Crippen LogP contribution in [-0.2, 0) is 17.8 Å². The molecule has 2 aliphatic rings. The highest BCUT2D eigenvalue weighted by molar-refractivity contribution is 5.99. The van der Waals surface area contributed by atoms with E-state index >= 15 is 0 Å². The lowest BCUT2D eigenvalue weighted by Gasteiger charge is -2.39. The number of benzene rings is 1. The molecule has 2 aliphatic heterocycles. The maximum atomic E-state index is 13.8. The molecule has 0 saturated carbocycles. The van der Waals surface area contributed by atoms with Gasteiger partial charge in [-0.3, -0.25) is 19.5 Å². The Labute approximate surface area is 255 Å². The molecule has 230 valence electrons. The number of pyridine rings is 2. The van der Waals surface area contributed by atoms with Crippen molar-refractivity contribution in [1.82, 2.24) is 25.5 Å². The number of amides is 1. The quantitative estimate of drug-likeness (QED) is 0.347. The minimum atomic E-state index is -0.188. The van der Waals surface area contributed by atoms with E-state index in [1.54, 1.807) is 0 Å². The van der Waals surface area contributed by atoms with Crippen LogP contribution >= 0.6 is 0 Å². The summed E-state index contributed by atoms with van der Waals surface area (Å²) in [6.07, 6.45) is 4.02. The number of nitrogens with zero attached hydrogens (tertiary/aromatic N) is 3. The van der Waals surface area contributed by atoms with Crippen LogP contribution in [-0.4, -0.2) is 72.3 Å². The van der Waals surface area contributed by atoms with Gasteiger partial charge in [0.1, 0.15) is 0 Å². The van der Waals surface area contributed by atoms with Crippen LogP contribution in [0, 0.1) is 20.8 Å². The molecule has 0 bridgehead atoms. The van der Waals surface area contributed by atoms with Gasteiger partial charge >= 0.3 is 0 Å². The second-order valence-electron chi connectivity index (χ2n) is 12.0. The summed E-state index contributed by atoms with van der Waals surface area (Å²) in [4.78, 5) is 38.9. The molecule has 4 heterocycles. The number of carbonyl (C=O) groups is 1. The van der Waals surface area contributed by atoms with Crippen molar-refractivity contribution in [2.24, 2.45) is 0 Å².